The summed E-state index contributed by atoms with van der Waals surface area (Å²) in [6.45, 7) is 26.7. The van der Waals surface area contributed by atoms with Crippen molar-refractivity contribution in [2.75, 3.05) is 362 Å². The molecule has 38 nitrogen and oxygen atoms in total. The molecule has 0 spiro atoms. The first kappa shape index (κ1) is 106. The van der Waals surface area contributed by atoms with Gasteiger partial charge >= 0.3 is 6.03 Å². The van der Waals surface area contributed by atoms with E-state index in [0.717, 1.165) is 16.0 Å². The third-order valence-corrected chi connectivity index (χ3v) is 15.9. The topological polar surface area (TPSA) is 420 Å². The van der Waals surface area contributed by atoms with Crippen LogP contribution in [0.2, 0.25) is 0 Å². The van der Waals surface area contributed by atoms with Gasteiger partial charge in [0.15, 0.2) is 0 Å². The number of amides is 7. The number of nitrogens with one attached hydrogen (secondary N) is 4. The molecule has 0 saturated heterocycles. The van der Waals surface area contributed by atoms with Gasteiger partial charge in [0.25, 0.3) is 11.8 Å². The summed E-state index contributed by atoms with van der Waals surface area (Å²) in [6.07, 6.45) is 3.90. The quantitative estimate of drug-likeness (QED) is 0.0453. The molecule has 1 aliphatic heterocycles. The zero-order valence-electron chi connectivity index (χ0n) is 70.9. The highest BCUT2D eigenvalue weighted by Gasteiger charge is 2.29. The first-order valence-electron chi connectivity index (χ1n) is 41.5. The number of nitrogens with two attached hydrogens (primary N) is 1. The zero-order valence-corrected chi connectivity index (χ0v) is 69.9. The predicted octanol–water partition coefficient (Wildman–Crippen LogP) is 1.32. The molecule has 6 N–H and O–H groups in total. The van der Waals surface area contributed by atoms with Crippen LogP contribution in [0.1, 0.15) is 52.0 Å². The molecule has 0 aliphatic carbocycles. The fourth-order valence-corrected chi connectivity index (χ4v) is 9.74. The number of carbonyl (C=O) groups excluding carboxylic acids is 6. The Bertz CT molecular complexity index is 2530. The number of anilines is 1. The number of hydrogen-bond acceptors (Lipinski definition) is 32. The summed E-state index contributed by atoms with van der Waals surface area (Å²) >= 11 is 0. The van der Waals surface area contributed by atoms with E-state index in [1.807, 2.05) is 0 Å². The summed E-state index contributed by atoms with van der Waals surface area (Å²) in [5.41, 5.74) is 7.34. The molecule has 0 saturated carbocycles. The fourth-order valence-electron chi connectivity index (χ4n) is 9.74. The van der Waals surface area contributed by atoms with Crippen molar-refractivity contribution in [3.63, 3.8) is 0 Å². The summed E-state index contributed by atoms with van der Waals surface area (Å²) in [7, 11) is 1.64. The first-order chi connectivity index (χ1) is 58.0. The molecule has 0 unspecified atom stereocenters. The largest absolute Gasteiger partial charge is 0.382 e. The van der Waals surface area contributed by atoms with Gasteiger partial charge in [0.2, 0.25) is 17.7 Å². The molecular weight excluding hydrogens is 1540 g/mol. The van der Waals surface area contributed by atoms with E-state index in [0.29, 0.717) is 349 Å². The summed E-state index contributed by atoms with van der Waals surface area (Å²) in [5, 5.41) is 10.8. The molecule has 1 heterocycles. The molecular formula is C79H142N6O32. The van der Waals surface area contributed by atoms with E-state index in [1.165, 1.54) is 12.2 Å². The van der Waals surface area contributed by atoms with Crippen molar-refractivity contribution in [1.82, 2.24) is 20.9 Å². The van der Waals surface area contributed by atoms with Crippen molar-refractivity contribution in [2.24, 2.45) is 11.7 Å². The van der Waals surface area contributed by atoms with Crippen molar-refractivity contribution in [3.8, 4) is 0 Å². The molecule has 0 fully saturated rings. The lowest BCUT2D eigenvalue weighted by molar-refractivity contribution is -0.138. The molecule has 117 heavy (non-hydrogen) atoms. The van der Waals surface area contributed by atoms with Gasteiger partial charge in [-0.05, 0) is 61.8 Å². The molecule has 0 aromatic heterocycles. The van der Waals surface area contributed by atoms with Gasteiger partial charge in [0.1, 0.15) is 12.1 Å². The second-order valence-corrected chi connectivity index (χ2v) is 25.6. The Labute approximate surface area is 693 Å². The maximum atomic E-state index is 13.8. The van der Waals surface area contributed by atoms with Crippen LogP contribution in [0.25, 0.3) is 0 Å². The van der Waals surface area contributed by atoms with E-state index >= 15 is 0 Å². The number of carbonyl (C=O) groups is 6. The summed E-state index contributed by atoms with van der Waals surface area (Å²) < 4.78 is 151. The molecule has 0 radical (unpaired) electrons. The van der Waals surface area contributed by atoms with Gasteiger partial charge in [0, 0.05) is 45.9 Å². The van der Waals surface area contributed by atoms with Crippen LogP contribution < -0.4 is 27.0 Å². The molecule has 2 rings (SSSR count). The standard InChI is InChI=1S/C79H142N6O32/c1-68(2)76(84-73(86)13-17-94-18-15-85-74(87)11-12-75(85)88)78(90)83-72(8-5-14-81-79(80)91)77(89)82-71-10-9-69(3)70(67-71)7-6-16-93-21-22-96-25-26-98-29-30-100-33-34-102-37-38-104-41-42-106-45-46-108-49-50-110-53-54-112-57-58-114-61-62-116-65-66-117-64-63-115-60-59-113-56-55-111-52-51-109-48-47-107-44-43-105-40-39-103-36-35-101-32-31-99-28-27-97-24-23-95-20-19-92-4/h9-12,67-68,72,76H,5-8,13-66H2,1-4H3,(H,82,89)(H,83,90)(H,84,86)(H3,80,81,91)/t72-,76-/m0/s1/i3D. The van der Waals surface area contributed by atoms with Gasteiger partial charge < -0.3 is 150 Å². The Morgan fingerprint density at radius 2 is 0.684 bits per heavy atom. The van der Waals surface area contributed by atoms with Crippen LogP contribution in [0, 0.1) is 12.8 Å². The normalized spacial score (nSPS) is 12.9. The van der Waals surface area contributed by atoms with Gasteiger partial charge in [-0.15, -0.1) is 0 Å². The Kier molecular flexibility index (Phi) is 75.2. The van der Waals surface area contributed by atoms with Crippen LogP contribution in [0.5, 0.6) is 0 Å². The number of benzene rings is 1. The van der Waals surface area contributed by atoms with Crippen LogP contribution >= 0.6 is 0 Å². The van der Waals surface area contributed by atoms with Crippen molar-refractivity contribution in [1.29, 1.82) is 0 Å². The Morgan fingerprint density at radius 1 is 0.385 bits per heavy atom. The molecule has 1 aliphatic rings. The number of aryl methyl sites for hydroxylation is 2. The minimum Gasteiger partial charge on any atom is -0.382 e. The zero-order chi connectivity index (χ0) is 85.0. The lowest BCUT2D eigenvalue weighted by atomic mass is 10.0. The number of nitrogens with zero attached hydrogens (tertiary/aromatic N) is 1. The van der Waals surface area contributed by atoms with E-state index in [4.69, 9.17) is 130 Å². The Hall–Kier alpha value is -5.26. The smallest absolute Gasteiger partial charge is 0.312 e. The maximum Gasteiger partial charge on any atom is 0.312 e. The van der Waals surface area contributed by atoms with E-state index < -0.39 is 47.7 Å². The highest BCUT2D eigenvalue weighted by atomic mass is 16.6. The summed E-state index contributed by atoms with van der Waals surface area (Å²) in [6, 6.07) is 2.48. The molecule has 7 amide bonds. The minimum atomic E-state index is -1.06. The van der Waals surface area contributed by atoms with Crippen LogP contribution in [0.3, 0.4) is 0 Å². The number of urea groups is 1. The molecule has 38 heteroatoms. The lowest BCUT2D eigenvalue weighted by Gasteiger charge is -2.25. The van der Waals surface area contributed by atoms with Crippen LogP contribution in [0.4, 0.5) is 10.5 Å². The minimum absolute atomic E-state index is 0.0209. The molecule has 1 aromatic carbocycles. The number of hydrogen-bond donors (Lipinski definition) is 5. The van der Waals surface area contributed by atoms with Crippen molar-refractivity contribution >= 4 is 41.3 Å². The molecule has 0 bridgehead atoms. The average molecular weight is 1690 g/mol. The molecule has 680 valence electrons. The van der Waals surface area contributed by atoms with E-state index in [1.54, 1.807) is 39.2 Å². The highest BCUT2D eigenvalue weighted by molar-refractivity contribution is 6.12. The number of methoxy groups -OCH3 is 1. The van der Waals surface area contributed by atoms with Gasteiger partial charge in [0.05, 0.1) is 337 Å². The van der Waals surface area contributed by atoms with Gasteiger partial charge in [-0.2, -0.15) is 0 Å². The van der Waals surface area contributed by atoms with Gasteiger partial charge in [-0.25, -0.2) is 4.79 Å². The van der Waals surface area contributed by atoms with Gasteiger partial charge in [-0.3, -0.25) is 28.9 Å². The third kappa shape index (κ3) is 70.0. The number of rotatable bonds is 92. The fraction of sp³-hybridized carbons (Fsp3) is 0.823. The summed E-state index contributed by atoms with van der Waals surface area (Å²) in [5.74, 6) is -2.82. The SMILES string of the molecule is [2H]Cc1ccc(NC(=O)[C@H](CCCNC(N)=O)NC(=O)[C@@H](NC(=O)CCOCCN2C(=O)C=CC2=O)C(C)C)cc1CCCOCCOCCOCCOCCOCCOCCOCCOCCOCCOCCOCCOCCOCCOCCOCCOCCOCCOCCOCCOCCOCCOCCOCCOCCOC. The van der Waals surface area contributed by atoms with E-state index in [9.17, 15) is 28.8 Å². The second kappa shape index (κ2) is 83.0. The lowest BCUT2D eigenvalue weighted by Crippen LogP contribution is -2.54. The maximum absolute atomic E-state index is 13.8. The molecule has 1 aromatic rings. The Morgan fingerprint density at radius 3 is 0.974 bits per heavy atom. The third-order valence-electron chi connectivity index (χ3n) is 15.9. The molecule has 2 atom stereocenters. The summed E-state index contributed by atoms with van der Waals surface area (Å²) in [4.78, 5) is 76.1. The number of imide groups is 1. The van der Waals surface area contributed by atoms with Crippen LogP contribution in [0.15, 0.2) is 30.4 Å². The van der Waals surface area contributed by atoms with Crippen molar-refractivity contribution in [3.05, 3.63) is 41.5 Å². The van der Waals surface area contributed by atoms with E-state index in [2.05, 4.69) is 21.3 Å². The van der Waals surface area contributed by atoms with E-state index in [-0.39, 0.29) is 52.0 Å². The van der Waals surface area contributed by atoms with Crippen LogP contribution in [-0.4, -0.2) is 410 Å². The monoisotopic (exact) mass is 1690 g/mol. The average Bonchev–Trinajstić information content (AvgIpc) is 0.861. The number of ether oxygens (including phenoxy) is 26. The van der Waals surface area contributed by atoms with Crippen LogP contribution in [-0.2, 0) is 154 Å². The van der Waals surface area contributed by atoms with Crippen molar-refractivity contribution in [2.45, 2.75) is 64.9 Å². The Balaban J connectivity index is 1.26. The van der Waals surface area contributed by atoms with Gasteiger partial charge in [-0.1, -0.05) is 19.9 Å². The van der Waals surface area contributed by atoms with Crippen molar-refractivity contribution < 1.29 is 153 Å². The first-order valence-corrected chi connectivity index (χ1v) is 40.8. The predicted molar refractivity (Wildman–Crippen MR) is 426 cm³/mol. The highest BCUT2D eigenvalue weighted by Crippen LogP contribution is 2.19. The second-order valence-electron chi connectivity index (χ2n) is 25.6. The number of primary amides is 1.